The molecule has 1 aromatic rings. The number of hydrogen-bond acceptors (Lipinski definition) is 5. The molecule has 28 heavy (non-hydrogen) atoms. The Morgan fingerprint density at radius 1 is 1.18 bits per heavy atom. The van der Waals surface area contributed by atoms with Crippen molar-refractivity contribution >= 4 is 17.8 Å². The Morgan fingerprint density at radius 2 is 1.75 bits per heavy atom. The Labute approximate surface area is 164 Å². The largest absolute Gasteiger partial charge is 0.484 e. The number of carboxylic acid groups (broad SMARTS) is 1. The van der Waals surface area contributed by atoms with Gasteiger partial charge in [-0.3, -0.25) is 9.59 Å². The molecule has 8 heteroatoms. The van der Waals surface area contributed by atoms with E-state index in [9.17, 15) is 19.5 Å². The van der Waals surface area contributed by atoms with E-state index >= 15 is 0 Å². The molecule has 0 radical (unpaired) electrons. The number of aliphatic hydroxyl groups is 1. The number of hydrogen-bond donors (Lipinski definition) is 3. The zero-order valence-corrected chi connectivity index (χ0v) is 16.5. The van der Waals surface area contributed by atoms with Gasteiger partial charge in [-0.15, -0.1) is 0 Å². The van der Waals surface area contributed by atoms with E-state index in [4.69, 9.17) is 9.84 Å². The van der Waals surface area contributed by atoms with Crippen LogP contribution in [0.4, 0.5) is 0 Å². The topological polar surface area (TPSA) is 116 Å². The maximum absolute atomic E-state index is 12.5. The van der Waals surface area contributed by atoms with Gasteiger partial charge in [0.15, 0.2) is 12.2 Å². The first-order valence-electron chi connectivity index (χ1n) is 9.40. The van der Waals surface area contributed by atoms with Crippen molar-refractivity contribution in [1.29, 1.82) is 0 Å². The smallest absolute Gasteiger partial charge is 0.337 e. The van der Waals surface area contributed by atoms with E-state index in [0.29, 0.717) is 5.75 Å². The van der Waals surface area contributed by atoms with Gasteiger partial charge in [0.25, 0.3) is 11.8 Å². The quantitative estimate of drug-likeness (QED) is 0.646. The number of piperidine rings is 1. The number of likely N-dealkylation sites (tertiary alicyclic amines) is 1. The summed E-state index contributed by atoms with van der Waals surface area (Å²) in [6.45, 7) is 4.71. The van der Waals surface area contributed by atoms with Gasteiger partial charge in [0.2, 0.25) is 0 Å². The van der Waals surface area contributed by atoms with Gasteiger partial charge in [-0.25, -0.2) is 4.79 Å². The average Bonchev–Trinajstić information content (AvgIpc) is 2.64. The Kier molecular flexibility index (Phi) is 7.01. The molecule has 1 aliphatic rings. The number of ether oxygens (including phenoxy) is 1. The van der Waals surface area contributed by atoms with Gasteiger partial charge in [0, 0.05) is 17.6 Å². The molecule has 1 fully saturated rings. The lowest BCUT2D eigenvalue weighted by Crippen LogP contribution is -2.49. The predicted molar refractivity (Wildman–Crippen MR) is 102 cm³/mol. The fraction of sp³-hybridized carbons (Fsp3) is 0.550. The lowest BCUT2D eigenvalue weighted by atomic mass is 9.97. The van der Waals surface area contributed by atoms with Crippen molar-refractivity contribution in [1.82, 2.24) is 10.2 Å². The molecule has 1 aliphatic heterocycles. The van der Waals surface area contributed by atoms with Crippen molar-refractivity contribution in [3.63, 3.8) is 0 Å². The SMILES string of the molecule is CC1CCCC(C)N1C(=O)COc1ccc(C(=O)NCC(C)(O)C(=O)O)cc1. The van der Waals surface area contributed by atoms with Crippen LogP contribution in [0.25, 0.3) is 0 Å². The van der Waals surface area contributed by atoms with Gasteiger partial charge in [0.05, 0.1) is 6.54 Å². The monoisotopic (exact) mass is 392 g/mol. The summed E-state index contributed by atoms with van der Waals surface area (Å²) in [5.41, 5.74) is -1.75. The average molecular weight is 392 g/mol. The van der Waals surface area contributed by atoms with Crippen molar-refractivity contribution in [2.75, 3.05) is 13.2 Å². The van der Waals surface area contributed by atoms with Crippen LogP contribution in [0.5, 0.6) is 5.75 Å². The number of nitrogens with one attached hydrogen (secondary N) is 1. The Hall–Kier alpha value is -2.61. The summed E-state index contributed by atoms with van der Waals surface area (Å²) in [5, 5.41) is 20.8. The molecule has 0 saturated carbocycles. The number of carbonyl (C=O) groups excluding carboxylic acids is 2. The number of benzene rings is 1. The Balaban J connectivity index is 1.87. The summed E-state index contributed by atoms with van der Waals surface area (Å²) in [4.78, 5) is 37.2. The van der Waals surface area contributed by atoms with Gasteiger partial charge in [-0.2, -0.15) is 0 Å². The molecule has 0 aliphatic carbocycles. The molecule has 3 N–H and O–H groups in total. The minimum Gasteiger partial charge on any atom is -0.484 e. The van der Waals surface area contributed by atoms with E-state index in [1.807, 2.05) is 18.7 Å². The van der Waals surface area contributed by atoms with E-state index in [2.05, 4.69) is 5.32 Å². The fourth-order valence-electron chi connectivity index (χ4n) is 3.27. The Morgan fingerprint density at radius 3 is 2.29 bits per heavy atom. The first kappa shape index (κ1) is 21.7. The van der Waals surface area contributed by atoms with E-state index in [1.54, 1.807) is 12.1 Å². The minimum absolute atomic E-state index is 0.0579. The molecule has 0 spiro atoms. The number of carboxylic acids is 1. The van der Waals surface area contributed by atoms with Gasteiger partial charge >= 0.3 is 5.97 Å². The van der Waals surface area contributed by atoms with Gasteiger partial charge < -0.3 is 25.2 Å². The number of nitrogens with zero attached hydrogens (tertiary/aromatic N) is 1. The van der Waals surface area contributed by atoms with Crippen molar-refractivity contribution < 1.29 is 29.3 Å². The lowest BCUT2D eigenvalue weighted by molar-refractivity contribution is -0.155. The van der Waals surface area contributed by atoms with Crippen LogP contribution in [0.2, 0.25) is 0 Å². The third-order valence-electron chi connectivity index (χ3n) is 5.01. The maximum atomic E-state index is 12.5. The lowest BCUT2D eigenvalue weighted by Gasteiger charge is -2.38. The molecule has 154 valence electrons. The molecule has 3 unspecified atom stereocenters. The molecule has 1 saturated heterocycles. The van der Waals surface area contributed by atoms with Gasteiger partial charge in [-0.05, 0) is 64.3 Å². The molecule has 0 bridgehead atoms. The summed E-state index contributed by atoms with van der Waals surface area (Å²) in [6.07, 6.45) is 3.11. The standard InChI is InChI=1S/C20H28N2O6/c1-13-5-4-6-14(2)22(13)17(23)11-28-16-9-7-15(8-10-16)18(24)21-12-20(3,27)19(25)26/h7-10,13-14,27H,4-6,11-12H2,1-3H3,(H,21,24)(H,25,26). The first-order valence-corrected chi connectivity index (χ1v) is 9.40. The highest BCUT2D eigenvalue weighted by molar-refractivity contribution is 5.94. The molecule has 8 nitrogen and oxygen atoms in total. The molecule has 2 amide bonds. The zero-order valence-electron chi connectivity index (χ0n) is 16.5. The van der Waals surface area contributed by atoms with Gasteiger partial charge in [0.1, 0.15) is 5.75 Å². The van der Waals surface area contributed by atoms with Crippen molar-refractivity contribution in [2.45, 2.75) is 57.7 Å². The van der Waals surface area contributed by atoms with Crippen LogP contribution >= 0.6 is 0 Å². The van der Waals surface area contributed by atoms with E-state index < -0.39 is 24.0 Å². The third-order valence-corrected chi connectivity index (χ3v) is 5.01. The Bertz CT molecular complexity index is 706. The number of aliphatic carboxylic acids is 1. The van der Waals surface area contributed by atoms with Gasteiger partial charge in [-0.1, -0.05) is 0 Å². The number of amides is 2. The second kappa shape index (κ2) is 9.05. The molecular formula is C20H28N2O6. The van der Waals surface area contributed by atoms with Crippen LogP contribution < -0.4 is 10.1 Å². The molecule has 0 aromatic heterocycles. The normalized spacial score (nSPS) is 21.5. The second-order valence-corrected chi connectivity index (χ2v) is 7.50. The fourth-order valence-corrected chi connectivity index (χ4v) is 3.27. The van der Waals surface area contributed by atoms with Crippen LogP contribution in [0.3, 0.4) is 0 Å². The molecule has 3 atom stereocenters. The van der Waals surface area contributed by atoms with Crippen molar-refractivity contribution in [3.05, 3.63) is 29.8 Å². The first-order chi connectivity index (χ1) is 13.1. The van der Waals surface area contributed by atoms with Crippen LogP contribution in [-0.2, 0) is 9.59 Å². The van der Waals surface area contributed by atoms with E-state index in [1.165, 1.54) is 12.1 Å². The van der Waals surface area contributed by atoms with Crippen molar-refractivity contribution in [3.8, 4) is 5.75 Å². The summed E-state index contributed by atoms with van der Waals surface area (Å²) in [6, 6.07) is 6.57. The van der Waals surface area contributed by atoms with E-state index in [0.717, 1.165) is 26.2 Å². The van der Waals surface area contributed by atoms with Crippen LogP contribution in [-0.4, -0.2) is 63.7 Å². The zero-order chi connectivity index (χ0) is 20.9. The minimum atomic E-state index is -2.04. The van der Waals surface area contributed by atoms with Crippen molar-refractivity contribution in [2.24, 2.45) is 0 Å². The number of rotatable bonds is 7. The molecule has 1 heterocycles. The van der Waals surface area contributed by atoms with Crippen LogP contribution in [0.15, 0.2) is 24.3 Å². The summed E-state index contributed by atoms with van der Waals surface area (Å²) in [5.74, 6) is -1.53. The molecule has 1 aromatic carbocycles. The molecular weight excluding hydrogens is 364 g/mol. The number of carbonyl (C=O) groups is 3. The summed E-state index contributed by atoms with van der Waals surface area (Å²) < 4.78 is 5.56. The summed E-state index contributed by atoms with van der Waals surface area (Å²) >= 11 is 0. The highest BCUT2D eigenvalue weighted by atomic mass is 16.5. The molecule has 2 rings (SSSR count). The van der Waals surface area contributed by atoms with Crippen LogP contribution in [0.1, 0.15) is 50.4 Å². The second-order valence-electron chi connectivity index (χ2n) is 7.50. The highest BCUT2D eigenvalue weighted by Crippen LogP contribution is 2.23. The summed E-state index contributed by atoms with van der Waals surface area (Å²) in [7, 11) is 0. The predicted octanol–water partition coefficient (Wildman–Crippen LogP) is 1.42. The van der Waals surface area contributed by atoms with Crippen LogP contribution in [0, 0.1) is 0 Å². The maximum Gasteiger partial charge on any atom is 0.337 e. The highest BCUT2D eigenvalue weighted by Gasteiger charge is 2.30. The van der Waals surface area contributed by atoms with E-state index in [-0.39, 0.29) is 30.2 Å². The third kappa shape index (κ3) is 5.45.